The van der Waals surface area contributed by atoms with E-state index in [4.69, 9.17) is 0 Å². The predicted octanol–water partition coefficient (Wildman–Crippen LogP) is 3.85. The number of nitrogens with zero attached hydrogens (tertiary/aromatic N) is 2. The van der Waals surface area contributed by atoms with Crippen molar-refractivity contribution >= 4 is 21.8 Å². The minimum atomic E-state index is 0.157. The standard InChI is InChI=1S/C14H21BrN2O/c1-4-10(3)16(5-2)14(18)13-8-11(15)9-17(13)12-6-7-12/h8-10,12H,4-7H2,1-3H3. The van der Waals surface area contributed by atoms with E-state index < -0.39 is 0 Å². The van der Waals surface area contributed by atoms with Crippen molar-refractivity contribution in [2.24, 2.45) is 0 Å². The van der Waals surface area contributed by atoms with Gasteiger partial charge >= 0.3 is 0 Å². The number of carbonyl (C=O) groups excluding carboxylic acids is 1. The van der Waals surface area contributed by atoms with Gasteiger partial charge in [0, 0.05) is 29.3 Å². The lowest BCUT2D eigenvalue weighted by Crippen LogP contribution is -2.39. The second-order valence-electron chi connectivity index (χ2n) is 5.03. The molecule has 4 heteroatoms. The molecule has 0 radical (unpaired) electrons. The van der Waals surface area contributed by atoms with Crippen LogP contribution in [0.4, 0.5) is 0 Å². The smallest absolute Gasteiger partial charge is 0.270 e. The van der Waals surface area contributed by atoms with E-state index in [0.717, 1.165) is 23.1 Å². The van der Waals surface area contributed by atoms with E-state index in [1.165, 1.54) is 12.8 Å². The number of carbonyl (C=O) groups is 1. The summed E-state index contributed by atoms with van der Waals surface area (Å²) in [6.07, 6.45) is 5.41. The molecule has 1 amide bonds. The van der Waals surface area contributed by atoms with Crippen LogP contribution in [-0.2, 0) is 0 Å². The van der Waals surface area contributed by atoms with Crippen molar-refractivity contribution in [3.8, 4) is 0 Å². The van der Waals surface area contributed by atoms with Gasteiger partial charge in [-0.1, -0.05) is 6.92 Å². The third-order valence-corrected chi connectivity index (χ3v) is 4.13. The van der Waals surface area contributed by atoms with Gasteiger partial charge in [0.1, 0.15) is 5.69 Å². The van der Waals surface area contributed by atoms with Crippen LogP contribution < -0.4 is 0 Å². The van der Waals surface area contributed by atoms with Crippen molar-refractivity contribution in [1.82, 2.24) is 9.47 Å². The fraction of sp³-hybridized carbons (Fsp3) is 0.643. The molecule has 100 valence electrons. The first-order valence-corrected chi connectivity index (χ1v) is 7.56. The summed E-state index contributed by atoms with van der Waals surface area (Å²) in [6.45, 7) is 7.04. The molecule has 0 aromatic carbocycles. The van der Waals surface area contributed by atoms with Crippen LogP contribution in [0.2, 0.25) is 0 Å². The van der Waals surface area contributed by atoms with Crippen LogP contribution in [0.25, 0.3) is 0 Å². The van der Waals surface area contributed by atoms with Gasteiger partial charge in [0.05, 0.1) is 0 Å². The molecule has 0 spiro atoms. The zero-order chi connectivity index (χ0) is 13.3. The first kappa shape index (κ1) is 13.7. The molecule has 1 heterocycles. The molecular weight excluding hydrogens is 292 g/mol. The SMILES string of the molecule is CCC(C)N(CC)C(=O)c1cc(Br)cn1C1CC1. The topological polar surface area (TPSA) is 25.2 Å². The highest BCUT2D eigenvalue weighted by molar-refractivity contribution is 9.10. The molecule has 0 N–H and O–H groups in total. The van der Waals surface area contributed by atoms with E-state index >= 15 is 0 Å². The van der Waals surface area contributed by atoms with E-state index in [1.807, 2.05) is 24.1 Å². The summed E-state index contributed by atoms with van der Waals surface area (Å²) in [5.41, 5.74) is 0.825. The van der Waals surface area contributed by atoms with Crippen LogP contribution in [0.5, 0.6) is 0 Å². The largest absolute Gasteiger partial charge is 0.339 e. The van der Waals surface area contributed by atoms with Gasteiger partial charge in [-0.2, -0.15) is 0 Å². The van der Waals surface area contributed by atoms with E-state index in [2.05, 4.69) is 34.3 Å². The monoisotopic (exact) mass is 312 g/mol. The first-order valence-electron chi connectivity index (χ1n) is 6.76. The third-order valence-electron chi connectivity index (χ3n) is 3.70. The third kappa shape index (κ3) is 2.63. The van der Waals surface area contributed by atoms with E-state index in [0.29, 0.717) is 12.1 Å². The predicted molar refractivity (Wildman–Crippen MR) is 76.9 cm³/mol. The molecule has 0 aliphatic heterocycles. The molecule has 0 saturated heterocycles. The Morgan fingerprint density at radius 1 is 1.56 bits per heavy atom. The van der Waals surface area contributed by atoms with Crippen molar-refractivity contribution in [2.45, 2.75) is 52.1 Å². The highest BCUT2D eigenvalue weighted by atomic mass is 79.9. The summed E-state index contributed by atoms with van der Waals surface area (Å²) in [7, 11) is 0. The van der Waals surface area contributed by atoms with Crippen LogP contribution in [0.3, 0.4) is 0 Å². The zero-order valence-electron chi connectivity index (χ0n) is 11.3. The quantitative estimate of drug-likeness (QED) is 0.810. The Morgan fingerprint density at radius 2 is 2.22 bits per heavy atom. The first-order chi connectivity index (χ1) is 8.58. The minimum absolute atomic E-state index is 0.157. The van der Waals surface area contributed by atoms with Crippen molar-refractivity contribution in [1.29, 1.82) is 0 Å². The Balaban J connectivity index is 2.26. The molecule has 1 saturated carbocycles. The number of hydrogen-bond donors (Lipinski definition) is 0. The lowest BCUT2D eigenvalue weighted by atomic mass is 10.2. The maximum absolute atomic E-state index is 12.6. The van der Waals surface area contributed by atoms with E-state index in [9.17, 15) is 4.79 Å². The minimum Gasteiger partial charge on any atom is -0.339 e. The van der Waals surface area contributed by atoms with Crippen molar-refractivity contribution in [3.63, 3.8) is 0 Å². The Bertz CT molecular complexity index is 437. The molecule has 1 fully saturated rings. The Kier molecular flexibility index (Phi) is 4.15. The molecule has 18 heavy (non-hydrogen) atoms. The van der Waals surface area contributed by atoms with Crippen LogP contribution in [0, 0.1) is 0 Å². The normalized spacial score (nSPS) is 16.7. The number of halogens is 1. The summed E-state index contributed by atoms with van der Waals surface area (Å²) in [4.78, 5) is 14.6. The van der Waals surface area contributed by atoms with Crippen molar-refractivity contribution in [3.05, 3.63) is 22.4 Å². The fourth-order valence-corrected chi connectivity index (χ4v) is 2.73. The molecule has 1 aromatic rings. The molecule has 1 aliphatic rings. The van der Waals surface area contributed by atoms with E-state index in [1.54, 1.807) is 0 Å². The average Bonchev–Trinajstić information content (AvgIpc) is 3.12. The lowest BCUT2D eigenvalue weighted by Gasteiger charge is -2.27. The van der Waals surface area contributed by atoms with Gasteiger partial charge < -0.3 is 9.47 Å². The van der Waals surface area contributed by atoms with Crippen LogP contribution in [-0.4, -0.2) is 28.0 Å². The number of rotatable bonds is 5. The molecule has 0 bridgehead atoms. The van der Waals surface area contributed by atoms with Gasteiger partial charge in [0.2, 0.25) is 0 Å². The summed E-state index contributed by atoms with van der Waals surface area (Å²) in [5, 5.41) is 0. The van der Waals surface area contributed by atoms with E-state index in [-0.39, 0.29) is 5.91 Å². The summed E-state index contributed by atoms with van der Waals surface area (Å²) >= 11 is 3.48. The van der Waals surface area contributed by atoms with Gasteiger partial charge in [-0.25, -0.2) is 0 Å². The maximum atomic E-state index is 12.6. The lowest BCUT2D eigenvalue weighted by molar-refractivity contribution is 0.0688. The van der Waals surface area contributed by atoms with Crippen molar-refractivity contribution < 1.29 is 4.79 Å². The molecule has 2 rings (SSSR count). The van der Waals surface area contributed by atoms with Gasteiger partial charge in [0.25, 0.3) is 5.91 Å². The molecule has 1 aromatic heterocycles. The summed E-state index contributed by atoms with van der Waals surface area (Å²) < 4.78 is 3.13. The average molecular weight is 313 g/mol. The van der Waals surface area contributed by atoms with Crippen LogP contribution in [0.1, 0.15) is 56.6 Å². The number of amides is 1. The highest BCUT2D eigenvalue weighted by Crippen LogP contribution is 2.37. The molecule has 1 unspecified atom stereocenters. The Labute approximate surface area is 117 Å². The summed E-state index contributed by atoms with van der Waals surface area (Å²) in [6, 6.07) is 2.78. The van der Waals surface area contributed by atoms with Gasteiger partial charge in [-0.05, 0) is 55.1 Å². The Hall–Kier alpha value is -0.770. The Morgan fingerprint density at radius 3 is 2.72 bits per heavy atom. The highest BCUT2D eigenvalue weighted by Gasteiger charge is 2.30. The zero-order valence-corrected chi connectivity index (χ0v) is 12.9. The van der Waals surface area contributed by atoms with Crippen LogP contribution >= 0.6 is 15.9 Å². The molecule has 1 atom stereocenters. The summed E-state index contributed by atoms with van der Waals surface area (Å²) in [5.74, 6) is 0.157. The maximum Gasteiger partial charge on any atom is 0.270 e. The number of aromatic nitrogens is 1. The van der Waals surface area contributed by atoms with Crippen molar-refractivity contribution in [2.75, 3.05) is 6.54 Å². The second kappa shape index (κ2) is 5.47. The van der Waals surface area contributed by atoms with Crippen LogP contribution in [0.15, 0.2) is 16.7 Å². The van der Waals surface area contributed by atoms with Gasteiger partial charge in [0.15, 0.2) is 0 Å². The molecule has 1 aliphatic carbocycles. The van der Waals surface area contributed by atoms with Gasteiger partial charge in [-0.3, -0.25) is 4.79 Å². The molecular formula is C14H21BrN2O. The fourth-order valence-electron chi connectivity index (χ4n) is 2.29. The van der Waals surface area contributed by atoms with Gasteiger partial charge in [-0.15, -0.1) is 0 Å². The molecule has 3 nitrogen and oxygen atoms in total. The number of hydrogen-bond acceptors (Lipinski definition) is 1. The second-order valence-corrected chi connectivity index (χ2v) is 5.95.